The summed E-state index contributed by atoms with van der Waals surface area (Å²) in [6.45, 7) is 6.72. The van der Waals surface area contributed by atoms with E-state index in [1.165, 1.54) is 6.26 Å². The first-order valence-electron chi connectivity index (χ1n) is 11.1. The lowest BCUT2D eigenvalue weighted by molar-refractivity contribution is 0.0648. The van der Waals surface area contributed by atoms with Crippen LogP contribution in [0.5, 0.6) is 5.75 Å². The summed E-state index contributed by atoms with van der Waals surface area (Å²) in [6.07, 6.45) is 2.22. The second kappa shape index (κ2) is 9.73. The number of nitrogens with zero attached hydrogens (tertiary/aromatic N) is 3. The van der Waals surface area contributed by atoms with Gasteiger partial charge in [0.2, 0.25) is 0 Å². The van der Waals surface area contributed by atoms with Crippen LogP contribution in [-0.4, -0.2) is 33.5 Å². The third-order valence-electron chi connectivity index (χ3n) is 5.51. The Kier molecular flexibility index (Phi) is 6.58. The molecule has 4 aromatic rings. The average molecular weight is 446 g/mol. The van der Waals surface area contributed by atoms with Crippen LogP contribution < -0.4 is 10.3 Å². The van der Waals surface area contributed by atoms with Gasteiger partial charge >= 0.3 is 0 Å². The van der Waals surface area contributed by atoms with Crippen molar-refractivity contribution in [3.05, 3.63) is 88.9 Å². The number of hydrogen-bond acceptors (Lipinski definition) is 5. The summed E-state index contributed by atoms with van der Waals surface area (Å²) < 4.78 is 12.8. The minimum Gasteiger partial charge on any atom is -0.492 e. The van der Waals surface area contributed by atoms with E-state index in [9.17, 15) is 9.59 Å². The maximum absolute atomic E-state index is 13.7. The summed E-state index contributed by atoms with van der Waals surface area (Å²) in [7, 11) is 0. The normalized spacial score (nSPS) is 12.0. The highest BCUT2D eigenvalue weighted by Crippen LogP contribution is 2.28. The minimum atomic E-state index is -0.505. The minimum absolute atomic E-state index is 0.212. The van der Waals surface area contributed by atoms with Crippen molar-refractivity contribution in [1.29, 1.82) is 0 Å². The number of fused-ring (bicyclic) bond motifs is 1. The number of aromatic nitrogens is 2. The largest absolute Gasteiger partial charge is 0.492 e. The van der Waals surface area contributed by atoms with E-state index >= 15 is 0 Å². The molecule has 170 valence electrons. The molecule has 4 rings (SSSR count). The van der Waals surface area contributed by atoms with Crippen molar-refractivity contribution in [2.45, 2.75) is 33.2 Å². The number of rotatable bonds is 8. The summed E-state index contributed by atoms with van der Waals surface area (Å²) >= 11 is 0. The maximum atomic E-state index is 13.7. The molecule has 0 radical (unpaired) electrons. The van der Waals surface area contributed by atoms with Crippen molar-refractivity contribution < 1.29 is 13.9 Å². The number of carbonyl (C=O) groups excluding carboxylic acids is 1. The zero-order valence-electron chi connectivity index (χ0n) is 19.0. The Morgan fingerprint density at radius 1 is 1.09 bits per heavy atom. The fourth-order valence-electron chi connectivity index (χ4n) is 3.98. The van der Waals surface area contributed by atoms with Crippen LogP contribution in [0.1, 0.15) is 49.6 Å². The quantitative estimate of drug-likeness (QED) is 0.382. The van der Waals surface area contributed by atoms with Crippen LogP contribution in [0.2, 0.25) is 0 Å². The van der Waals surface area contributed by atoms with Gasteiger partial charge in [-0.2, -0.15) is 0 Å². The van der Waals surface area contributed by atoms with Crippen LogP contribution in [0, 0.1) is 0 Å². The molecule has 33 heavy (non-hydrogen) atoms. The molecule has 0 spiro atoms. The van der Waals surface area contributed by atoms with E-state index in [2.05, 4.69) is 0 Å². The predicted molar refractivity (Wildman–Crippen MR) is 127 cm³/mol. The standard InChI is InChI=1S/C26H27N3O4/c1-4-16-28(26(31)23-15-10-17-33-23)18(3)24-27-20-12-7-6-11-19(20)25(30)29(24)21-13-8-9-14-22(21)32-5-2/h6-15,17-18H,4-5,16H2,1-3H3. The first-order valence-corrected chi connectivity index (χ1v) is 11.1. The fourth-order valence-corrected chi connectivity index (χ4v) is 3.98. The fraction of sp³-hybridized carbons (Fsp3) is 0.269. The topological polar surface area (TPSA) is 77.6 Å². The van der Waals surface area contributed by atoms with Gasteiger partial charge in [-0.3, -0.25) is 14.2 Å². The molecule has 0 N–H and O–H groups in total. The van der Waals surface area contributed by atoms with Crippen molar-refractivity contribution in [1.82, 2.24) is 14.5 Å². The van der Waals surface area contributed by atoms with Gasteiger partial charge in [-0.25, -0.2) is 4.98 Å². The van der Waals surface area contributed by atoms with Crippen LogP contribution in [0.3, 0.4) is 0 Å². The number of carbonyl (C=O) groups is 1. The van der Waals surface area contributed by atoms with Crippen LogP contribution >= 0.6 is 0 Å². The zero-order chi connectivity index (χ0) is 23.4. The van der Waals surface area contributed by atoms with Crippen molar-refractivity contribution >= 4 is 16.8 Å². The van der Waals surface area contributed by atoms with Gasteiger partial charge in [-0.15, -0.1) is 0 Å². The number of furan rings is 1. The van der Waals surface area contributed by atoms with Gasteiger partial charge in [0.25, 0.3) is 11.5 Å². The van der Waals surface area contributed by atoms with E-state index in [-0.39, 0.29) is 17.2 Å². The monoisotopic (exact) mass is 445 g/mol. The van der Waals surface area contributed by atoms with Gasteiger partial charge in [-0.1, -0.05) is 31.2 Å². The summed E-state index contributed by atoms with van der Waals surface area (Å²) in [6, 6.07) is 17.4. The van der Waals surface area contributed by atoms with Crippen LogP contribution in [0.4, 0.5) is 0 Å². The Hall–Kier alpha value is -3.87. The molecule has 0 fully saturated rings. The van der Waals surface area contributed by atoms with E-state index in [0.29, 0.717) is 41.3 Å². The number of amides is 1. The van der Waals surface area contributed by atoms with Crippen molar-refractivity contribution in [2.75, 3.05) is 13.2 Å². The molecule has 0 saturated heterocycles. The molecule has 1 atom stereocenters. The Bertz CT molecular complexity index is 1310. The number of benzene rings is 2. The van der Waals surface area contributed by atoms with Crippen LogP contribution in [0.15, 0.2) is 76.1 Å². The highest BCUT2D eigenvalue weighted by atomic mass is 16.5. The Morgan fingerprint density at radius 3 is 2.58 bits per heavy atom. The molecule has 0 saturated carbocycles. The molecule has 2 heterocycles. The van der Waals surface area contributed by atoms with Gasteiger partial charge < -0.3 is 14.1 Å². The summed E-state index contributed by atoms with van der Waals surface area (Å²) in [5.74, 6) is 1.03. The number of ether oxygens (including phenoxy) is 1. The second-order valence-electron chi connectivity index (χ2n) is 7.68. The molecule has 0 bridgehead atoms. The molecule has 1 amide bonds. The van der Waals surface area contributed by atoms with Gasteiger partial charge in [0, 0.05) is 6.54 Å². The molecule has 7 heteroatoms. The maximum Gasteiger partial charge on any atom is 0.290 e. The lowest BCUT2D eigenvalue weighted by atomic mass is 10.1. The second-order valence-corrected chi connectivity index (χ2v) is 7.68. The molecular formula is C26H27N3O4. The van der Waals surface area contributed by atoms with Gasteiger partial charge in [0.15, 0.2) is 5.76 Å². The van der Waals surface area contributed by atoms with Gasteiger partial charge in [0.05, 0.1) is 35.5 Å². The molecule has 2 aromatic heterocycles. The molecule has 0 aliphatic rings. The zero-order valence-corrected chi connectivity index (χ0v) is 19.0. The number of para-hydroxylation sites is 3. The van der Waals surface area contributed by atoms with Crippen LogP contribution in [-0.2, 0) is 0 Å². The average Bonchev–Trinajstić information content (AvgIpc) is 3.38. The highest BCUT2D eigenvalue weighted by Gasteiger charge is 2.29. The van der Waals surface area contributed by atoms with Crippen molar-refractivity contribution in [3.8, 4) is 11.4 Å². The smallest absolute Gasteiger partial charge is 0.290 e. The van der Waals surface area contributed by atoms with E-state index in [0.717, 1.165) is 6.42 Å². The Labute approximate surface area is 192 Å². The lowest BCUT2D eigenvalue weighted by Crippen LogP contribution is -2.38. The molecule has 1 unspecified atom stereocenters. The summed E-state index contributed by atoms with van der Waals surface area (Å²) in [5, 5.41) is 0.499. The lowest BCUT2D eigenvalue weighted by Gasteiger charge is -2.30. The summed E-state index contributed by atoms with van der Waals surface area (Å²) in [5.41, 5.74) is 0.958. The first kappa shape index (κ1) is 22.3. The van der Waals surface area contributed by atoms with E-state index in [4.69, 9.17) is 14.1 Å². The van der Waals surface area contributed by atoms with E-state index < -0.39 is 6.04 Å². The van der Waals surface area contributed by atoms with E-state index in [1.807, 2.05) is 63.2 Å². The molecule has 7 nitrogen and oxygen atoms in total. The summed E-state index contributed by atoms with van der Waals surface area (Å²) in [4.78, 5) is 33.6. The SMILES string of the molecule is CCCN(C(=O)c1ccco1)C(C)c1nc2ccccc2c(=O)n1-c1ccccc1OCC. The molecule has 2 aromatic carbocycles. The first-order chi connectivity index (χ1) is 16.1. The van der Waals surface area contributed by atoms with Crippen molar-refractivity contribution in [3.63, 3.8) is 0 Å². The van der Waals surface area contributed by atoms with Crippen molar-refractivity contribution in [2.24, 2.45) is 0 Å². The number of hydrogen-bond donors (Lipinski definition) is 0. The Balaban J connectivity index is 1.95. The highest BCUT2D eigenvalue weighted by molar-refractivity contribution is 5.91. The molecular weight excluding hydrogens is 418 g/mol. The third kappa shape index (κ3) is 4.26. The van der Waals surface area contributed by atoms with Crippen LogP contribution in [0.25, 0.3) is 16.6 Å². The Morgan fingerprint density at radius 2 is 1.85 bits per heavy atom. The molecule has 0 aliphatic carbocycles. The van der Waals surface area contributed by atoms with Gasteiger partial charge in [-0.05, 0) is 56.7 Å². The van der Waals surface area contributed by atoms with Gasteiger partial charge in [0.1, 0.15) is 11.6 Å². The third-order valence-corrected chi connectivity index (χ3v) is 5.51. The van der Waals surface area contributed by atoms with E-state index in [1.54, 1.807) is 27.7 Å². The predicted octanol–water partition coefficient (Wildman–Crippen LogP) is 4.99. The molecule has 0 aliphatic heterocycles.